The zero-order chi connectivity index (χ0) is 19.7. The van der Waals surface area contributed by atoms with Gasteiger partial charge in [-0.1, -0.05) is 41.4 Å². The second-order valence-electron chi connectivity index (χ2n) is 6.95. The fourth-order valence-corrected chi connectivity index (χ4v) is 4.14. The maximum absolute atomic E-state index is 13.1. The zero-order valence-corrected chi connectivity index (χ0v) is 17.0. The Morgan fingerprint density at radius 2 is 2.07 bits per heavy atom. The van der Waals surface area contributed by atoms with Crippen molar-refractivity contribution < 1.29 is 9.53 Å². The maximum atomic E-state index is 13.1. The third kappa shape index (κ3) is 3.72. The van der Waals surface area contributed by atoms with Gasteiger partial charge in [-0.05, 0) is 49.6 Å². The predicted octanol–water partition coefficient (Wildman–Crippen LogP) is 5.43. The molecule has 1 N–H and O–H groups in total. The maximum Gasteiger partial charge on any atom is 0.252 e. The van der Waals surface area contributed by atoms with Gasteiger partial charge in [0.1, 0.15) is 0 Å². The first-order chi connectivity index (χ1) is 13.5. The number of nitrogens with zero attached hydrogens (tertiary/aromatic N) is 1. The van der Waals surface area contributed by atoms with Crippen molar-refractivity contribution in [3.05, 3.63) is 63.6 Å². The van der Waals surface area contributed by atoms with Crippen molar-refractivity contribution in [3.63, 3.8) is 0 Å². The summed E-state index contributed by atoms with van der Waals surface area (Å²) in [6.07, 6.45) is 2.10. The number of carbonyl (C=O) groups excluding carboxylic acids is 1. The van der Waals surface area contributed by atoms with E-state index in [2.05, 4.69) is 5.32 Å². The van der Waals surface area contributed by atoms with Crippen LogP contribution in [0.15, 0.2) is 42.5 Å². The number of amides is 1. The fourth-order valence-electron chi connectivity index (χ4n) is 3.64. The highest BCUT2D eigenvalue weighted by Gasteiger charge is 2.22. The van der Waals surface area contributed by atoms with Crippen LogP contribution in [-0.2, 0) is 4.74 Å². The molecule has 0 radical (unpaired) electrons. The number of ether oxygens (including phenoxy) is 1. The number of fused-ring (bicyclic) bond motifs is 1. The molecule has 0 spiro atoms. The van der Waals surface area contributed by atoms with Crippen LogP contribution < -0.4 is 5.32 Å². The van der Waals surface area contributed by atoms with Crippen molar-refractivity contribution in [2.45, 2.75) is 25.9 Å². The lowest BCUT2D eigenvalue weighted by atomic mass is 9.97. The van der Waals surface area contributed by atoms with E-state index in [-0.39, 0.29) is 12.0 Å². The number of para-hydroxylation sites is 1. The normalized spacial score (nSPS) is 16.5. The van der Waals surface area contributed by atoms with Crippen LogP contribution in [0.25, 0.3) is 22.2 Å². The number of pyridine rings is 1. The molecule has 4 rings (SSSR count). The molecule has 0 unspecified atom stereocenters. The molecular weight excluding hydrogens is 395 g/mol. The third-order valence-corrected chi connectivity index (χ3v) is 5.61. The van der Waals surface area contributed by atoms with Crippen LogP contribution >= 0.6 is 23.2 Å². The summed E-state index contributed by atoms with van der Waals surface area (Å²) in [5.74, 6) is -0.127. The summed E-state index contributed by atoms with van der Waals surface area (Å²) in [5, 5.41) is 4.91. The molecule has 4 nitrogen and oxygen atoms in total. The average molecular weight is 415 g/mol. The highest BCUT2D eigenvalue weighted by Crippen LogP contribution is 2.34. The van der Waals surface area contributed by atoms with Gasteiger partial charge < -0.3 is 10.1 Å². The Labute approximate surface area is 173 Å². The summed E-state index contributed by atoms with van der Waals surface area (Å²) >= 11 is 12.5. The van der Waals surface area contributed by atoms with Crippen molar-refractivity contribution >= 4 is 40.0 Å². The number of hydrogen-bond acceptors (Lipinski definition) is 3. The minimum atomic E-state index is -0.127. The molecule has 0 saturated carbocycles. The first-order valence-corrected chi connectivity index (χ1v) is 10.0. The molecule has 1 saturated heterocycles. The number of halogens is 2. The molecule has 6 heteroatoms. The van der Waals surface area contributed by atoms with Crippen LogP contribution in [0.4, 0.5) is 0 Å². The standard InChI is InChI=1S/C22H20Cl2N2O2/c1-13-20(22(27)25-12-15-5-4-10-28-15)17-6-2-3-7-19(17)26-21(13)16-9-8-14(23)11-18(16)24/h2-3,6-9,11,15H,4-5,10,12H2,1H3,(H,25,27)/t15-/m1/s1. The molecule has 3 aromatic rings. The zero-order valence-electron chi connectivity index (χ0n) is 15.5. The quantitative estimate of drug-likeness (QED) is 0.619. The van der Waals surface area contributed by atoms with Crippen LogP contribution in [0.2, 0.25) is 10.0 Å². The first kappa shape index (κ1) is 19.2. The first-order valence-electron chi connectivity index (χ1n) is 9.29. The smallest absolute Gasteiger partial charge is 0.252 e. The predicted molar refractivity (Wildman–Crippen MR) is 113 cm³/mol. The summed E-state index contributed by atoms with van der Waals surface area (Å²) in [7, 11) is 0. The Morgan fingerprint density at radius 1 is 1.25 bits per heavy atom. The molecule has 1 aromatic heterocycles. The van der Waals surface area contributed by atoms with E-state index in [1.54, 1.807) is 12.1 Å². The van der Waals surface area contributed by atoms with Gasteiger partial charge in [0, 0.05) is 29.1 Å². The van der Waals surface area contributed by atoms with E-state index in [0.29, 0.717) is 27.8 Å². The van der Waals surface area contributed by atoms with Crippen LogP contribution in [0.3, 0.4) is 0 Å². The van der Waals surface area contributed by atoms with Gasteiger partial charge in [-0.15, -0.1) is 0 Å². The van der Waals surface area contributed by atoms with Gasteiger partial charge in [0.2, 0.25) is 0 Å². The van der Waals surface area contributed by atoms with E-state index in [9.17, 15) is 4.79 Å². The summed E-state index contributed by atoms with van der Waals surface area (Å²) in [5.41, 5.74) is 3.58. The number of carbonyl (C=O) groups is 1. The van der Waals surface area contributed by atoms with Crippen LogP contribution in [0, 0.1) is 6.92 Å². The van der Waals surface area contributed by atoms with Crippen molar-refractivity contribution in [1.82, 2.24) is 10.3 Å². The SMILES string of the molecule is Cc1c(-c2ccc(Cl)cc2Cl)nc2ccccc2c1C(=O)NC[C@H]1CCCO1. The molecule has 1 atom stereocenters. The van der Waals surface area contributed by atoms with Gasteiger partial charge in [0.25, 0.3) is 5.91 Å². The lowest BCUT2D eigenvalue weighted by Gasteiger charge is -2.17. The lowest BCUT2D eigenvalue weighted by Crippen LogP contribution is -2.32. The van der Waals surface area contributed by atoms with E-state index in [1.165, 1.54) is 0 Å². The molecule has 1 aliphatic rings. The number of nitrogens with one attached hydrogen (secondary N) is 1. The second kappa shape index (κ2) is 8.08. The van der Waals surface area contributed by atoms with E-state index in [0.717, 1.165) is 41.5 Å². The molecule has 0 aliphatic carbocycles. The molecule has 144 valence electrons. The minimum Gasteiger partial charge on any atom is -0.376 e. The van der Waals surface area contributed by atoms with Crippen molar-refractivity contribution in [2.75, 3.05) is 13.2 Å². The monoisotopic (exact) mass is 414 g/mol. The second-order valence-corrected chi connectivity index (χ2v) is 7.79. The Balaban J connectivity index is 1.80. The number of aromatic nitrogens is 1. The molecule has 28 heavy (non-hydrogen) atoms. The summed E-state index contributed by atoms with van der Waals surface area (Å²) < 4.78 is 5.62. The average Bonchev–Trinajstić information content (AvgIpc) is 3.20. The Morgan fingerprint density at radius 3 is 2.82 bits per heavy atom. The van der Waals surface area contributed by atoms with E-state index >= 15 is 0 Å². The van der Waals surface area contributed by atoms with E-state index < -0.39 is 0 Å². The number of hydrogen-bond donors (Lipinski definition) is 1. The van der Waals surface area contributed by atoms with Gasteiger partial charge >= 0.3 is 0 Å². The Hall–Kier alpha value is -2.14. The molecule has 0 bridgehead atoms. The molecule has 2 heterocycles. The Kier molecular flexibility index (Phi) is 5.54. The number of benzene rings is 2. The van der Waals surface area contributed by atoms with Gasteiger partial charge in [0.15, 0.2) is 0 Å². The van der Waals surface area contributed by atoms with Crippen molar-refractivity contribution in [2.24, 2.45) is 0 Å². The molecular formula is C22H20Cl2N2O2. The number of rotatable bonds is 4. The highest BCUT2D eigenvalue weighted by molar-refractivity contribution is 6.36. The van der Waals surface area contributed by atoms with Crippen LogP contribution in [0.1, 0.15) is 28.8 Å². The van der Waals surface area contributed by atoms with Crippen LogP contribution in [-0.4, -0.2) is 30.1 Å². The largest absolute Gasteiger partial charge is 0.376 e. The molecule has 2 aromatic carbocycles. The topological polar surface area (TPSA) is 51.2 Å². The van der Waals surface area contributed by atoms with E-state index in [4.69, 9.17) is 32.9 Å². The third-order valence-electron chi connectivity index (χ3n) is 5.06. The van der Waals surface area contributed by atoms with Gasteiger partial charge in [-0.2, -0.15) is 0 Å². The molecule has 1 aliphatic heterocycles. The van der Waals surface area contributed by atoms with Crippen molar-refractivity contribution in [3.8, 4) is 11.3 Å². The molecule has 1 amide bonds. The summed E-state index contributed by atoms with van der Waals surface area (Å²) in [6.45, 7) is 3.17. The lowest BCUT2D eigenvalue weighted by molar-refractivity contribution is 0.0858. The minimum absolute atomic E-state index is 0.0857. The van der Waals surface area contributed by atoms with Crippen LogP contribution in [0.5, 0.6) is 0 Å². The fraction of sp³-hybridized carbons (Fsp3) is 0.273. The van der Waals surface area contributed by atoms with Gasteiger partial charge in [-0.3, -0.25) is 4.79 Å². The summed E-state index contributed by atoms with van der Waals surface area (Å²) in [4.78, 5) is 17.9. The van der Waals surface area contributed by atoms with Gasteiger partial charge in [0.05, 0.1) is 27.9 Å². The van der Waals surface area contributed by atoms with Crippen molar-refractivity contribution in [1.29, 1.82) is 0 Å². The van der Waals surface area contributed by atoms with Gasteiger partial charge in [-0.25, -0.2) is 4.98 Å². The summed E-state index contributed by atoms with van der Waals surface area (Å²) in [6, 6.07) is 12.9. The molecule has 1 fully saturated rings. The Bertz CT molecular complexity index is 1050. The highest BCUT2D eigenvalue weighted by atomic mass is 35.5. The van der Waals surface area contributed by atoms with E-state index in [1.807, 2.05) is 37.3 Å².